The van der Waals surface area contributed by atoms with Crippen LogP contribution < -0.4 is 10.2 Å². The zero-order chi connectivity index (χ0) is 19.6. The van der Waals surface area contributed by atoms with E-state index < -0.39 is 5.41 Å². The zero-order valence-electron chi connectivity index (χ0n) is 16.0. The molecular formula is C22H25ClN2O2. The van der Waals surface area contributed by atoms with Gasteiger partial charge in [0.25, 0.3) is 0 Å². The molecule has 1 aliphatic rings. The summed E-state index contributed by atoms with van der Waals surface area (Å²) < 4.78 is 0. The molecular weight excluding hydrogens is 360 g/mol. The van der Waals surface area contributed by atoms with Crippen LogP contribution in [0.5, 0.6) is 0 Å². The van der Waals surface area contributed by atoms with Crippen LogP contribution in [0.15, 0.2) is 48.5 Å². The molecule has 0 fully saturated rings. The highest BCUT2D eigenvalue weighted by Crippen LogP contribution is 2.35. The van der Waals surface area contributed by atoms with Gasteiger partial charge in [-0.05, 0) is 62.9 Å². The van der Waals surface area contributed by atoms with Gasteiger partial charge in [-0.2, -0.15) is 0 Å². The molecule has 2 aromatic rings. The van der Waals surface area contributed by atoms with Crippen molar-refractivity contribution in [3.63, 3.8) is 0 Å². The summed E-state index contributed by atoms with van der Waals surface area (Å²) in [7, 11) is 0. The van der Waals surface area contributed by atoms with Crippen LogP contribution in [0.2, 0.25) is 5.02 Å². The minimum atomic E-state index is -1.13. The van der Waals surface area contributed by atoms with Crippen molar-refractivity contribution in [1.29, 1.82) is 0 Å². The number of halogens is 1. The van der Waals surface area contributed by atoms with Crippen LogP contribution in [0.1, 0.15) is 31.9 Å². The average molecular weight is 385 g/mol. The second kappa shape index (κ2) is 7.73. The summed E-state index contributed by atoms with van der Waals surface area (Å²) in [4.78, 5) is 27.7. The lowest BCUT2D eigenvalue weighted by Gasteiger charge is -2.31. The number of hydrogen-bond acceptors (Lipinski definition) is 2. The van der Waals surface area contributed by atoms with Gasteiger partial charge >= 0.3 is 0 Å². The predicted molar refractivity (Wildman–Crippen MR) is 109 cm³/mol. The van der Waals surface area contributed by atoms with E-state index in [2.05, 4.69) is 5.32 Å². The lowest BCUT2D eigenvalue weighted by molar-refractivity contribution is -0.139. The number of anilines is 1. The number of nitrogens with zero attached hydrogens (tertiary/aromatic N) is 1. The van der Waals surface area contributed by atoms with Gasteiger partial charge < -0.3 is 10.2 Å². The molecule has 1 N–H and O–H groups in total. The first-order valence-electron chi connectivity index (χ1n) is 9.25. The fraction of sp³-hybridized carbons (Fsp3) is 0.364. The first-order valence-corrected chi connectivity index (χ1v) is 9.63. The van der Waals surface area contributed by atoms with E-state index >= 15 is 0 Å². The Morgan fingerprint density at radius 2 is 1.81 bits per heavy atom. The Hall–Kier alpha value is -2.33. The normalized spacial score (nSPS) is 16.1. The Bertz CT molecular complexity index is 846. The molecule has 27 heavy (non-hydrogen) atoms. The summed E-state index contributed by atoms with van der Waals surface area (Å²) in [6, 6.07) is 15.5. The van der Waals surface area contributed by atoms with E-state index in [-0.39, 0.29) is 17.9 Å². The molecule has 1 atom stereocenters. The first-order chi connectivity index (χ1) is 12.8. The van der Waals surface area contributed by atoms with Crippen molar-refractivity contribution < 1.29 is 9.59 Å². The fourth-order valence-corrected chi connectivity index (χ4v) is 3.59. The number of para-hydroxylation sites is 1. The third-order valence-corrected chi connectivity index (χ3v) is 5.39. The Labute approximate surface area is 165 Å². The number of nitrogens with one attached hydrogen (secondary N) is 1. The largest absolute Gasteiger partial charge is 0.355 e. The number of carbonyl (C=O) groups excluding carboxylic acids is 2. The molecule has 2 aromatic carbocycles. The van der Waals surface area contributed by atoms with Crippen molar-refractivity contribution in [3.8, 4) is 0 Å². The zero-order valence-corrected chi connectivity index (χ0v) is 16.7. The maximum absolute atomic E-state index is 13.2. The number of hydrogen-bond donors (Lipinski definition) is 1. The van der Waals surface area contributed by atoms with Gasteiger partial charge in [0.15, 0.2) is 0 Å². The van der Waals surface area contributed by atoms with Gasteiger partial charge in [-0.1, -0.05) is 41.9 Å². The van der Waals surface area contributed by atoms with Crippen LogP contribution in [0.3, 0.4) is 0 Å². The monoisotopic (exact) mass is 384 g/mol. The summed E-state index contributed by atoms with van der Waals surface area (Å²) in [5.74, 6) is -0.415. The molecule has 1 unspecified atom stereocenters. The van der Waals surface area contributed by atoms with E-state index in [1.54, 1.807) is 18.7 Å². The van der Waals surface area contributed by atoms with Gasteiger partial charge in [0.2, 0.25) is 11.8 Å². The molecule has 0 radical (unpaired) electrons. The summed E-state index contributed by atoms with van der Waals surface area (Å²) >= 11 is 5.89. The maximum Gasteiger partial charge on any atom is 0.242 e. The van der Waals surface area contributed by atoms with E-state index in [1.165, 1.54) is 0 Å². The third kappa shape index (κ3) is 4.01. The van der Waals surface area contributed by atoms with Gasteiger partial charge in [0.1, 0.15) is 5.41 Å². The molecule has 0 bridgehead atoms. The van der Waals surface area contributed by atoms with Gasteiger partial charge in [0.05, 0.1) is 0 Å². The molecule has 5 heteroatoms. The SMILES string of the molecule is CC1Cc2ccccc2N1C(=O)C(C)(C)C(=O)NCCc1ccc(Cl)cc1. The Kier molecular flexibility index (Phi) is 5.56. The van der Waals surface area contributed by atoms with Crippen LogP contribution in [0.25, 0.3) is 0 Å². The maximum atomic E-state index is 13.2. The average Bonchev–Trinajstić information content (AvgIpc) is 2.98. The molecule has 2 amide bonds. The highest BCUT2D eigenvalue weighted by molar-refractivity contribution is 6.30. The number of fused-ring (bicyclic) bond motifs is 1. The molecule has 0 spiro atoms. The van der Waals surface area contributed by atoms with Crippen LogP contribution in [-0.2, 0) is 22.4 Å². The van der Waals surface area contributed by atoms with Gasteiger partial charge in [0, 0.05) is 23.3 Å². The van der Waals surface area contributed by atoms with Gasteiger partial charge in [-0.25, -0.2) is 0 Å². The highest BCUT2D eigenvalue weighted by Gasteiger charge is 2.43. The van der Waals surface area contributed by atoms with Crippen LogP contribution in [0.4, 0.5) is 5.69 Å². The second-order valence-corrected chi connectivity index (χ2v) is 8.05. The van der Waals surface area contributed by atoms with E-state index in [1.807, 2.05) is 55.5 Å². The molecule has 0 saturated heterocycles. The molecule has 142 valence electrons. The van der Waals surface area contributed by atoms with E-state index in [0.29, 0.717) is 18.0 Å². The fourth-order valence-electron chi connectivity index (χ4n) is 3.47. The van der Waals surface area contributed by atoms with Crippen molar-refractivity contribution in [3.05, 3.63) is 64.7 Å². The summed E-state index contributed by atoms with van der Waals surface area (Å²) in [6.07, 6.45) is 1.51. The quantitative estimate of drug-likeness (QED) is 0.792. The molecule has 0 aromatic heterocycles. The van der Waals surface area contributed by atoms with Crippen LogP contribution in [-0.4, -0.2) is 24.4 Å². The van der Waals surface area contributed by atoms with Crippen molar-refractivity contribution >= 4 is 29.1 Å². The minimum absolute atomic E-state index is 0.0519. The molecule has 0 aliphatic carbocycles. The van der Waals surface area contributed by atoms with Crippen molar-refractivity contribution in [2.75, 3.05) is 11.4 Å². The Morgan fingerprint density at radius 1 is 1.15 bits per heavy atom. The smallest absolute Gasteiger partial charge is 0.242 e. The summed E-state index contributed by atoms with van der Waals surface area (Å²) in [5.41, 5.74) is 2.02. The van der Waals surface area contributed by atoms with E-state index in [4.69, 9.17) is 11.6 Å². The molecule has 1 heterocycles. The Balaban J connectivity index is 1.65. The molecule has 1 aliphatic heterocycles. The lowest BCUT2D eigenvalue weighted by Crippen LogP contribution is -2.51. The van der Waals surface area contributed by atoms with Gasteiger partial charge in [-0.3, -0.25) is 9.59 Å². The van der Waals surface area contributed by atoms with Crippen LogP contribution >= 0.6 is 11.6 Å². The number of amides is 2. The predicted octanol–water partition coefficient (Wildman–Crippen LogP) is 4.00. The second-order valence-electron chi connectivity index (χ2n) is 7.61. The summed E-state index contributed by atoms with van der Waals surface area (Å²) in [6.45, 7) is 5.89. The topological polar surface area (TPSA) is 49.4 Å². The molecule has 0 saturated carbocycles. The third-order valence-electron chi connectivity index (χ3n) is 5.14. The number of carbonyl (C=O) groups is 2. The summed E-state index contributed by atoms with van der Waals surface area (Å²) in [5, 5.41) is 3.60. The molecule has 3 rings (SSSR count). The van der Waals surface area contributed by atoms with E-state index in [9.17, 15) is 9.59 Å². The van der Waals surface area contributed by atoms with Crippen LogP contribution in [0, 0.1) is 5.41 Å². The van der Waals surface area contributed by atoms with Crippen molar-refractivity contribution in [2.45, 2.75) is 39.7 Å². The van der Waals surface area contributed by atoms with E-state index in [0.717, 1.165) is 23.2 Å². The first kappa shape index (κ1) is 19.4. The van der Waals surface area contributed by atoms with Crippen molar-refractivity contribution in [2.24, 2.45) is 5.41 Å². The van der Waals surface area contributed by atoms with Gasteiger partial charge in [-0.15, -0.1) is 0 Å². The number of rotatable bonds is 5. The lowest BCUT2D eigenvalue weighted by atomic mass is 9.89. The van der Waals surface area contributed by atoms with Crippen molar-refractivity contribution in [1.82, 2.24) is 5.32 Å². The molecule has 4 nitrogen and oxygen atoms in total. The number of benzene rings is 2. The standard InChI is InChI=1S/C22H25ClN2O2/c1-15-14-17-6-4-5-7-19(17)25(15)21(27)22(2,3)20(26)24-13-12-16-8-10-18(23)11-9-16/h4-11,15H,12-14H2,1-3H3,(H,24,26). The highest BCUT2D eigenvalue weighted by atomic mass is 35.5. The Morgan fingerprint density at radius 3 is 2.52 bits per heavy atom. The minimum Gasteiger partial charge on any atom is -0.355 e.